The molecule has 0 spiro atoms. The summed E-state index contributed by atoms with van der Waals surface area (Å²) in [4.78, 5) is 11.5. The summed E-state index contributed by atoms with van der Waals surface area (Å²) in [5.74, 6) is 0.0655. The number of hydrogen-bond acceptors (Lipinski definition) is 2. The number of benzene rings is 1. The smallest absolute Gasteiger partial charge is 0.227 e. The largest absolute Gasteiger partial charge is 0.287 e. The average molecular weight is 233 g/mol. The molecule has 2 aromatic rings. The molecule has 0 saturated heterocycles. The molecule has 0 fully saturated rings. The van der Waals surface area contributed by atoms with Crippen molar-refractivity contribution in [1.29, 1.82) is 0 Å². The molecule has 84 valence electrons. The first-order valence-corrected chi connectivity index (χ1v) is 6.57. The monoisotopic (exact) mass is 233 g/mol. The lowest BCUT2D eigenvalue weighted by atomic mass is 10.1. The van der Waals surface area contributed by atoms with Crippen molar-refractivity contribution in [3.8, 4) is 0 Å². The van der Waals surface area contributed by atoms with Crippen LogP contribution in [0.2, 0.25) is 0 Å². The molecule has 16 heavy (non-hydrogen) atoms. The zero-order chi connectivity index (χ0) is 11.7. The number of thioether (sulfide) groups is 1. The zero-order valence-corrected chi connectivity index (χ0v) is 10.5. The minimum atomic E-state index is 0.0655. The number of nitrogens with zero attached hydrogens (tertiary/aromatic N) is 1. The predicted octanol–water partition coefficient (Wildman–Crippen LogP) is 3.73. The second-order valence-electron chi connectivity index (χ2n) is 3.87. The molecule has 2 nitrogen and oxygen atoms in total. The fourth-order valence-corrected chi connectivity index (χ4v) is 2.36. The van der Waals surface area contributed by atoms with Gasteiger partial charge in [-0.05, 0) is 24.8 Å². The van der Waals surface area contributed by atoms with Crippen LogP contribution in [-0.2, 0) is 0 Å². The first kappa shape index (κ1) is 11.3. The van der Waals surface area contributed by atoms with E-state index in [1.165, 1.54) is 10.9 Å². The van der Waals surface area contributed by atoms with Crippen molar-refractivity contribution in [3.63, 3.8) is 0 Å². The number of hydrogen-bond donors (Lipinski definition) is 0. The van der Waals surface area contributed by atoms with Crippen LogP contribution in [0.15, 0.2) is 30.5 Å². The Bertz CT molecular complexity index is 530. The van der Waals surface area contributed by atoms with Crippen LogP contribution in [0.5, 0.6) is 0 Å². The summed E-state index contributed by atoms with van der Waals surface area (Å²) in [6, 6.07) is 8.06. The molecule has 0 aliphatic rings. The van der Waals surface area contributed by atoms with Crippen molar-refractivity contribution in [2.75, 3.05) is 6.26 Å². The van der Waals surface area contributed by atoms with Crippen LogP contribution in [0.4, 0.5) is 0 Å². The van der Waals surface area contributed by atoms with Gasteiger partial charge in [-0.15, -0.1) is 0 Å². The minimum absolute atomic E-state index is 0.0655. The van der Waals surface area contributed by atoms with Gasteiger partial charge in [0.15, 0.2) is 0 Å². The summed E-state index contributed by atoms with van der Waals surface area (Å²) in [7, 11) is 0. The molecule has 0 N–H and O–H groups in total. The van der Waals surface area contributed by atoms with Gasteiger partial charge in [0, 0.05) is 23.8 Å². The van der Waals surface area contributed by atoms with E-state index in [-0.39, 0.29) is 5.91 Å². The molecular weight excluding hydrogens is 218 g/mol. The number of carbonyl (C=O) groups excluding carboxylic acids is 1. The van der Waals surface area contributed by atoms with E-state index in [0.717, 1.165) is 5.52 Å². The van der Waals surface area contributed by atoms with Gasteiger partial charge in [0.05, 0.1) is 5.52 Å². The van der Waals surface area contributed by atoms with Crippen molar-refractivity contribution in [2.24, 2.45) is 0 Å². The van der Waals surface area contributed by atoms with E-state index >= 15 is 0 Å². The van der Waals surface area contributed by atoms with Crippen molar-refractivity contribution >= 4 is 28.6 Å². The van der Waals surface area contributed by atoms with Gasteiger partial charge >= 0.3 is 0 Å². The molecule has 3 heteroatoms. The van der Waals surface area contributed by atoms with Crippen molar-refractivity contribution in [1.82, 2.24) is 4.57 Å². The molecule has 1 aromatic carbocycles. The summed E-state index contributed by atoms with van der Waals surface area (Å²) in [5, 5.41) is 1.59. The Balaban J connectivity index is 2.71. The van der Waals surface area contributed by atoms with Gasteiger partial charge in [-0.2, -0.15) is 11.8 Å². The summed E-state index contributed by atoms with van der Waals surface area (Å²) in [5.41, 5.74) is 2.24. The molecule has 0 aliphatic carbocycles. The van der Waals surface area contributed by atoms with Crippen LogP contribution < -0.4 is 0 Å². The quantitative estimate of drug-likeness (QED) is 0.788. The Kier molecular flexibility index (Phi) is 3.06. The number of aromatic nitrogens is 1. The van der Waals surface area contributed by atoms with Crippen LogP contribution in [0.3, 0.4) is 0 Å². The highest BCUT2D eigenvalue weighted by Gasteiger charge is 2.14. The highest BCUT2D eigenvalue weighted by atomic mass is 32.2. The standard InChI is InChI=1S/C13H15NOS/c1-9(16-3)12-8-14(10(2)15)13-7-5-4-6-11(12)13/h4-9H,1-3H3/t9-/m1/s1. The lowest BCUT2D eigenvalue weighted by Gasteiger charge is -2.05. The van der Waals surface area contributed by atoms with Gasteiger partial charge in [0.2, 0.25) is 5.91 Å². The second kappa shape index (κ2) is 4.34. The Labute approximate surface area is 99.6 Å². The number of fused-ring (bicyclic) bond motifs is 1. The number of para-hydroxylation sites is 1. The maximum absolute atomic E-state index is 11.5. The molecule has 1 aromatic heterocycles. The molecule has 0 bridgehead atoms. The predicted molar refractivity (Wildman–Crippen MR) is 70.2 cm³/mol. The highest BCUT2D eigenvalue weighted by molar-refractivity contribution is 7.98. The average Bonchev–Trinajstić information content (AvgIpc) is 2.67. The van der Waals surface area contributed by atoms with Crippen molar-refractivity contribution in [2.45, 2.75) is 19.1 Å². The summed E-state index contributed by atoms with van der Waals surface area (Å²) < 4.78 is 1.73. The van der Waals surface area contributed by atoms with Gasteiger partial charge < -0.3 is 0 Å². The summed E-state index contributed by atoms with van der Waals surface area (Å²) >= 11 is 1.79. The topological polar surface area (TPSA) is 22.0 Å². The van der Waals surface area contributed by atoms with E-state index in [1.54, 1.807) is 23.3 Å². The lowest BCUT2D eigenvalue weighted by Crippen LogP contribution is -2.02. The summed E-state index contributed by atoms with van der Waals surface area (Å²) in [6.45, 7) is 3.76. The van der Waals surface area contributed by atoms with E-state index in [4.69, 9.17) is 0 Å². The van der Waals surface area contributed by atoms with Crippen LogP contribution in [-0.4, -0.2) is 16.7 Å². The SMILES string of the molecule is CS[C@H](C)c1cn(C(C)=O)c2ccccc12. The third-order valence-corrected chi connectivity index (χ3v) is 3.83. The molecule has 0 amide bonds. The minimum Gasteiger partial charge on any atom is -0.287 e. The fraction of sp³-hybridized carbons (Fsp3) is 0.308. The third kappa shape index (κ3) is 1.76. The Morgan fingerprint density at radius 1 is 1.38 bits per heavy atom. The van der Waals surface area contributed by atoms with E-state index in [2.05, 4.69) is 19.2 Å². The molecule has 0 saturated carbocycles. The molecule has 0 unspecified atom stereocenters. The van der Waals surface area contributed by atoms with Crippen LogP contribution in [0.1, 0.15) is 29.5 Å². The van der Waals surface area contributed by atoms with E-state index in [9.17, 15) is 4.79 Å². The van der Waals surface area contributed by atoms with Crippen LogP contribution in [0, 0.1) is 0 Å². The Morgan fingerprint density at radius 2 is 2.06 bits per heavy atom. The van der Waals surface area contributed by atoms with Gasteiger partial charge in [0.25, 0.3) is 0 Å². The van der Waals surface area contributed by atoms with E-state index < -0.39 is 0 Å². The molecule has 0 radical (unpaired) electrons. The van der Waals surface area contributed by atoms with Crippen LogP contribution >= 0.6 is 11.8 Å². The zero-order valence-electron chi connectivity index (χ0n) is 9.73. The molecule has 1 heterocycles. The molecule has 0 aliphatic heterocycles. The van der Waals surface area contributed by atoms with Gasteiger partial charge in [-0.1, -0.05) is 18.2 Å². The van der Waals surface area contributed by atoms with E-state index in [0.29, 0.717) is 5.25 Å². The van der Waals surface area contributed by atoms with Crippen LogP contribution in [0.25, 0.3) is 10.9 Å². The number of carbonyl (C=O) groups is 1. The van der Waals surface area contributed by atoms with Gasteiger partial charge in [0.1, 0.15) is 0 Å². The fourth-order valence-electron chi connectivity index (χ4n) is 1.92. The summed E-state index contributed by atoms with van der Waals surface area (Å²) in [6.07, 6.45) is 4.05. The highest BCUT2D eigenvalue weighted by Crippen LogP contribution is 2.33. The van der Waals surface area contributed by atoms with E-state index in [1.807, 2.05) is 24.4 Å². The number of rotatable bonds is 2. The maximum Gasteiger partial charge on any atom is 0.227 e. The molecule has 2 rings (SSSR count). The van der Waals surface area contributed by atoms with Crippen molar-refractivity contribution in [3.05, 3.63) is 36.0 Å². The first-order chi connectivity index (χ1) is 7.65. The Morgan fingerprint density at radius 3 is 2.69 bits per heavy atom. The molecular formula is C13H15NOS. The Hall–Kier alpha value is -1.22. The third-order valence-electron chi connectivity index (χ3n) is 2.87. The lowest BCUT2D eigenvalue weighted by molar-refractivity contribution is 0.0941. The van der Waals surface area contributed by atoms with Gasteiger partial charge in [-0.3, -0.25) is 9.36 Å². The van der Waals surface area contributed by atoms with Gasteiger partial charge in [-0.25, -0.2) is 0 Å². The second-order valence-corrected chi connectivity index (χ2v) is 5.05. The first-order valence-electron chi connectivity index (χ1n) is 5.29. The molecule has 1 atom stereocenters. The normalized spacial score (nSPS) is 12.9. The maximum atomic E-state index is 11.5. The van der Waals surface area contributed by atoms with Crippen molar-refractivity contribution < 1.29 is 4.79 Å².